The van der Waals surface area contributed by atoms with Crippen molar-refractivity contribution in [2.75, 3.05) is 0 Å². The third-order valence-electron chi connectivity index (χ3n) is 1.99. The normalized spacial score (nSPS) is 11.8. The van der Waals surface area contributed by atoms with E-state index in [1.54, 1.807) is 19.1 Å². The number of aromatic hydroxyl groups is 1. The van der Waals surface area contributed by atoms with Crippen LogP contribution in [-0.2, 0) is 4.79 Å². The lowest BCUT2D eigenvalue weighted by molar-refractivity contribution is -0.118. The smallest absolute Gasteiger partial charge is 0.251 e. The monoisotopic (exact) mass is 222 g/mol. The zero-order valence-electron chi connectivity index (χ0n) is 8.93. The lowest BCUT2D eigenvalue weighted by atomic mass is 10.1. The molecule has 0 heterocycles. The molecule has 0 saturated heterocycles. The Hall–Kier alpha value is -2.04. The van der Waals surface area contributed by atoms with Crippen molar-refractivity contribution in [2.45, 2.75) is 19.4 Å². The molecule has 0 aliphatic carbocycles. The van der Waals surface area contributed by atoms with E-state index in [9.17, 15) is 14.7 Å². The predicted octanol–water partition coefficient (Wildman–Crippen LogP) is 0.386. The van der Waals surface area contributed by atoms with Crippen LogP contribution in [0.3, 0.4) is 0 Å². The van der Waals surface area contributed by atoms with Crippen LogP contribution in [0.5, 0.6) is 5.75 Å². The Morgan fingerprint density at radius 3 is 2.75 bits per heavy atom. The van der Waals surface area contributed by atoms with Crippen LogP contribution in [0.1, 0.15) is 23.7 Å². The molecule has 0 spiro atoms. The quantitative estimate of drug-likeness (QED) is 0.687. The second-order valence-electron chi connectivity index (χ2n) is 3.60. The molecule has 0 radical (unpaired) electrons. The number of hydrogen-bond donors (Lipinski definition) is 3. The van der Waals surface area contributed by atoms with Gasteiger partial charge in [0.05, 0.1) is 0 Å². The van der Waals surface area contributed by atoms with Gasteiger partial charge in [0, 0.05) is 18.0 Å². The number of nitrogens with one attached hydrogen (secondary N) is 1. The number of benzene rings is 1. The molecule has 0 aromatic heterocycles. The molecule has 0 aliphatic heterocycles. The maximum absolute atomic E-state index is 11.6. The largest absolute Gasteiger partial charge is 0.508 e. The number of hydrogen-bond acceptors (Lipinski definition) is 3. The second kappa shape index (κ2) is 5.16. The first kappa shape index (κ1) is 12.0. The first-order valence-corrected chi connectivity index (χ1v) is 4.87. The Morgan fingerprint density at radius 2 is 2.19 bits per heavy atom. The van der Waals surface area contributed by atoms with Crippen molar-refractivity contribution in [1.29, 1.82) is 0 Å². The maximum Gasteiger partial charge on any atom is 0.251 e. The van der Waals surface area contributed by atoms with Gasteiger partial charge in [0.25, 0.3) is 5.91 Å². The van der Waals surface area contributed by atoms with Crippen molar-refractivity contribution in [1.82, 2.24) is 5.32 Å². The molecular formula is C11H14N2O3. The van der Waals surface area contributed by atoms with Gasteiger partial charge >= 0.3 is 0 Å². The van der Waals surface area contributed by atoms with Gasteiger partial charge in [-0.2, -0.15) is 0 Å². The Kier molecular flexibility index (Phi) is 3.88. The number of amides is 2. The van der Waals surface area contributed by atoms with Gasteiger partial charge in [-0.3, -0.25) is 9.59 Å². The summed E-state index contributed by atoms with van der Waals surface area (Å²) in [5.41, 5.74) is 5.35. The highest BCUT2D eigenvalue weighted by molar-refractivity contribution is 5.95. The Bertz CT molecular complexity index is 404. The highest BCUT2D eigenvalue weighted by Gasteiger charge is 2.11. The van der Waals surface area contributed by atoms with Gasteiger partial charge in [0.15, 0.2) is 0 Å². The Labute approximate surface area is 93.3 Å². The van der Waals surface area contributed by atoms with Gasteiger partial charge in [-0.25, -0.2) is 0 Å². The predicted molar refractivity (Wildman–Crippen MR) is 58.8 cm³/mol. The Morgan fingerprint density at radius 1 is 1.50 bits per heavy atom. The molecular weight excluding hydrogens is 208 g/mol. The van der Waals surface area contributed by atoms with E-state index in [1.165, 1.54) is 12.1 Å². The fourth-order valence-electron chi connectivity index (χ4n) is 1.31. The van der Waals surface area contributed by atoms with Crippen molar-refractivity contribution >= 4 is 11.8 Å². The fourth-order valence-corrected chi connectivity index (χ4v) is 1.31. The van der Waals surface area contributed by atoms with E-state index in [4.69, 9.17) is 5.73 Å². The van der Waals surface area contributed by atoms with Crippen LogP contribution in [0.25, 0.3) is 0 Å². The third kappa shape index (κ3) is 3.61. The number of carbonyl (C=O) groups excluding carboxylic acids is 2. The molecule has 0 aliphatic rings. The molecule has 0 bridgehead atoms. The van der Waals surface area contributed by atoms with Crippen molar-refractivity contribution in [3.05, 3.63) is 29.8 Å². The third-order valence-corrected chi connectivity index (χ3v) is 1.99. The van der Waals surface area contributed by atoms with Gasteiger partial charge in [0.1, 0.15) is 5.75 Å². The fraction of sp³-hybridized carbons (Fsp3) is 0.273. The average molecular weight is 222 g/mol. The van der Waals surface area contributed by atoms with Gasteiger partial charge in [-0.1, -0.05) is 6.07 Å². The summed E-state index contributed by atoms with van der Waals surface area (Å²) in [4.78, 5) is 22.2. The molecule has 0 fully saturated rings. The molecule has 2 amide bonds. The lowest BCUT2D eigenvalue weighted by Crippen LogP contribution is -2.35. The van der Waals surface area contributed by atoms with Crippen LogP contribution in [0.15, 0.2) is 24.3 Å². The van der Waals surface area contributed by atoms with Crippen LogP contribution in [-0.4, -0.2) is 23.0 Å². The van der Waals surface area contributed by atoms with E-state index in [-0.39, 0.29) is 24.1 Å². The first-order chi connectivity index (χ1) is 7.49. The van der Waals surface area contributed by atoms with Gasteiger partial charge < -0.3 is 16.2 Å². The van der Waals surface area contributed by atoms with Crippen molar-refractivity contribution in [3.63, 3.8) is 0 Å². The molecule has 16 heavy (non-hydrogen) atoms. The minimum atomic E-state index is -0.469. The van der Waals surface area contributed by atoms with E-state index in [0.29, 0.717) is 5.56 Å². The summed E-state index contributed by atoms with van der Waals surface area (Å²) in [6.07, 6.45) is 0.0879. The summed E-state index contributed by atoms with van der Waals surface area (Å²) in [6.45, 7) is 1.69. The minimum Gasteiger partial charge on any atom is -0.508 e. The van der Waals surface area contributed by atoms with Crippen LogP contribution in [0.2, 0.25) is 0 Å². The molecule has 1 aromatic carbocycles. The zero-order valence-corrected chi connectivity index (χ0v) is 8.93. The topological polar surface area (TPSA) is 92.4 Å². The van der Waals surface area contributed by atoms with Crippen molar-refractivity contribution in [3.8, 4) is 5.75 Å². The van der Waals surface area contributed by atoms with Gasteiger partial charge in [-0.15, -0.1) is 0 Å². The summed E-state index contributed by atoms with van der Waals surface area (Å²) in [5, 5.41) is 11.8. The molecule has 1 aromatic rings. The summed E-state index contributed by atoms with van der Waals surface area (Å²) in [6, 6.07) is 5.65. The van der Waals surface area contributed by atoms with Crippen molar-refractivity contribution < 1.29 is 14.7 Å². The number of rotatable bonds is 4. The van der Waals surface area contributed by atoms with Gasteiger partial charge in [-0.05, 0) is 25.1 Å². The number of nitrogens with two attached hydrogens (primary N) is 1. The van der Waals surface area contributed by atoms with Crippen molar-refractivity contribution in [2.24, 2.45) is 5.73 Å². The number of primary amides is 1. The molecule has 1 rings (SSSR count). The molecule has 86 valence electrons. The summed E-state index contributed by atoms with van der Waals surface area (Å²) in [5.74, 6) is -0.788. The maximum atomic E-state index is 11.6. The summed E-state index contributed by atoms with van der Waals surface area (Å²) < 4.78 is 0. The average Bonchev–Trinajstić information content (AvgIpc) is 2.16. The lowest BCUT2D eigenvalue weighted by Gasteiger charge is -2.11. The molecule has 0 saturated carbocycles. The van der Waals surface area contributed by atoms with E-state index < -0.39 is 5.91 Å². The van der Waals surface area contributed by atoms with Crippen LogP contribution < -0.4 is 11.1 Å². The van der Waals surface area contributed by atoms with Crippen LogP contribution >= 0.6 is 0 Å². The number of phenolic OH excluding ortho intramolecular Hbond substituents is 1. The zero-order chi connectivity index (χ0) is 12.1. The summed E-state index contributed by atoms with van der Waals surface area (Å²) in [7, 11) is 0. The van der Waals surface area contributed by atoms with E-state index in [0.717, 1.165) is 0 Å². The second-order valence-corrected chi connectivity index (χ2v) is 3.60. The van der Waals surface area contributed by atoms with E-state index in [1.807, 2.05) is 0 Å². The number of carbonyl (C=O) groups is 2. The van der Waals surface area contributed by atoms with Crippen LogP contribution in [0.4, 0.5) is 0 Å². The standard InChI is InChI=1S/C11H14N2O3/c1-7(5-10(12)15)13-11(16)8-3-2-4-9(14)6-8/h2-4,6-7,14H,5H2,1H3,(H2,12,15)(H,13,16). The van der Waals surface area contributed by atoms with Gasteiger partial charge in [0.2, 0.25) is 5.91 Å². The molecule has 4 N–H and O–H groups in total. The van der Waals surface area contributed by atoms with E-state index >= 15 is 0 Å². The minimum absolute atomic E-state index is 0.0233. The summed E-state index contributed by atoms with van der Waals surface area (Å²) >= 11 is 0. The molecule has 5 heteroatoms. The molecule has 1 atom stereocenters. The SMILES string of the molecule is CC(CC(N)=O)NC(=O)c1cccc(O)c1. The highest BCUT2D eigenvalue weighted by Crippen LogP contribution is 2.10. The van der Waals surface area contributed by atoms with E-state index in [2.05, 4.69) is 5.32 Å². The molecule has 1 unspecified atom stereocenters. The number of phenols is 1. The highest BCUT2D eigenvalue weighted by atomic mass is 16.3. The Balaban J connectivity index is 2.62. The first-order valence-electron chi connectivity index (χ1n) is 4.87. The molecule has 5 nitrogen and oxygen atoms in total. The van der Waals surface area contributed by atoms with Crippen LogP contribution in [0, 0.1) is 0 Å².